The molecule has 0 amide bonds. The summed E-state index contributed by atoms with van der Waals surface area (Å²) in [4.78, 5) is -0.414. The standard InChI is InChI=1S/C8H12N2O4S2/c1-2-6-7(15(9,11)12)4-3-5-8(6)16(10,13)14/h3-5H,2H2,1H3,(H2,9,11,12)(H2,10,13,14). The highest BCUT2D eigenvalue weighted by molar-refractivity contribution is 7.90. The highest BCUT2D eigenvalue weighted by Crippen LogP contribution is 2.22. The highest BCUT2D eigenvalue weighted by atomic mass is 32.2. The van der Waals surface area contributed by atoms with E-state index in [0.29, 0.717) is 0 Å². The van der Waals surface area contributed by atoms with Gasteiger partial charge in [0.1, 0.15) is 0 Å². The van der Waals surface area contributed by atoms with E-state index in [-0.39, 0.29) is 21.8 Å². The molecule has 0 aromatic heterocycles. The SMILES string of the molecule is CCc1c(S(N)(=O)=O)cccc1S(N)(=O)=O. The summed E-state index contributed by atoms with van der Waals surface area (Å²) in [7, 11) is -7.90. The van der Waals surface area contributed by atoms with Gasteiger partial charge in [0.05, 0.1) is 9.79 Å². The van der Waals surface area contributed by atoms with Crippen LogP contribution in [-0.2, 0) is 26.5 Å². The normalized spacial score (nSPS) is 12.7. The lowest BCUT2D eigenvalue weighted by Crippen LogP contribution is -2.19. The first-order valence-corrected chi connectivity index (χ1v) is 7.44. The number of hydrogen-bond donors (Lipinski definition) is 2. The molecular formula is C8H12N2O4S2. The molecule has 16 heavy (non-hydrogen) atoms. The molecule has 0 bridgehead atoms. The summed E-state index contributed by atoms with van der Waals surface area (Å²) >= 11 is 0. The average Bonchev–Trinajstić information content (AvgIpc) is 2.13. The van der Waals surface area contributed by atoms with Gasteiger partial charge >= 0.3 is 0 Å². The Hall–Kier alpha value is -0.960. The number of hydrogen-bond acceptors (Lipinski definition) is 4. The molecular weight excluding hydrogens is 252 g/mol. The van der Waals surface area contributed by atoms with Crippen LogP contribution in [0.25, 0.3) is 0 Å². The van der Waals surface area contributed by atoms with E-state index in [1.165, 1.54) is 18.2 Å². The van der Waals surface area contributed by atoms with Crippen molar-refractivity contribution in [2.75, 3.05) is 0 Å². The van der Waals surface area contributed by atoms with Gasteiger partial charge in [-0.05, 0) is 24.1 Å². The van der Waals surface area contributed by atoms with E-state index in [4.69, 9.17) is 10.3 Å². The van der Waals surface area contributed by atoms with Gasteiger partial charge in [-0.2, -0.15) is 0 Å². The van der Waals surface area contributed by atoms with Crippen LogP contribution < -0.4 is 10.3 Å². The van der Waals surface area contributed by atoms with E-state index in [1.807, 2.05) is 0 Å². The molecule has 1 rings (SSSR count). The molecule has 0 aliphatic heterocycles. The Morgan fingerprint density at radius 3 is 1.62 bits per heavy atom. The Morgan fingerprint density at radius 1 is 1.00 bits per heavy atom. The lowest BCUT2D eigenvalue weighted by Gasteiger charge is -2.09. The molecule has 0 spiro atoms. The average molecular weight is 264 g/mol. The van der Waals surface area contributed by atoms with Gasteiger partial charge in [-0.25, -0.2) is 27.1 Å². The second kappa shape index (κ2) is 4.13. The smallest absolute Gasteiger partial charge is 0.225 e. The molecule has 90 valence electrons. The predicted molar refractivity (Wildman–Crippen MR) is 58.6 cm³/mol. The zero-order valence-corrected chi connectivity index (χ0v) is 10.2. The third-order valence-corrected chi connectivity index (χ3v) is 4.05. The van der Waals surface area contributed by atoms with Crippen LogP contribution in [0.5, 0.6) is 0 Å². The zero-order chi connectivity index (χ0) is 12.6. The first-order valence-electron chi connectivity index (χ1n) is 4.35. The van der Waals surface area contributed by atoms with Crippen LogP contribution in [0.3, 0.4) is 0 Å². The number of benzene rings is 1. The minimum absolute atomic E-state index is 0.118. The van der Waals surface area contributed by atoms with Crippen LogP contribution in [0, 0.1) is 0 Å². The van der Waals surface area contributed by atoms with E-state index in [2.05, 4.69) is 0 Å². The Bertz CT molecular complexity index is 555. The van der Waals surface area contributed by atoms with Gasteiger partial charge in [0.2, 0.25) is 20.0 Å². The molecule has 4 N–H and O–H groups in total. The van der Waals surface area contributed by atoms with E-state index in [0.717, 1.165) is 0 Å². The minimum Gasteiger partial charge on any atom is -0.225 e. The molecule has 0 atom stereocenters. The lowest BCUT2D eigenvalue weighted by atomic mass is 10.2. The van der Waals surface area contributed by atoms with Crippen LogP contribution in [0.4, 0.5) is 0 Å². The molecule has 8 heteroatoms. The summed E-state index contributed by atoms with van der Waals surface area (Å²) in [5.74, 6) is 0. The summed E-state index contributed by atoms with van der Waals surface area (Å²) < 4.78 is 44.9. The van der Waals surface area contributed by atoms with Crippen molar-refractivity contribution < 1.29 is 16.8 Å². The Kier molecular flexibility index (Phi) is 3.38. The Morgan fingerprint density at radius 2 is 1.38 bits per heavy atom. The maximum absolute atomic E-state index is 11.2. The Labute approximate surface area is 94.4 Å². The molecule has 0 aliphatic carbocycles. The van der Waals surface area contributed by atoms with E-state index in [9.17, 15) is 16.8 Å². The van der Waals surface area contributed by atoms with Crippen LogP contribution in [-0.4, -0.2) is 16.8 Å². The lowest BCUT2D eigenvalue weighted by molar-refractivity contribution is 0.593. The third-order valence-electron chi connectivity index (χ3n) is 2.06. The quantitative estimate of drug-likeness (QED) is 0.767. The largest absolute Gasteiger partial charge is 0.238 e. The summed E-state index contributed by atoms with van der Waals surface area (Å²) in [6, 6.07) is 3.80. The maximum Gasteiger partial charge on any atom is 0.238 e. The van der Waals surface area contributed by atoms with Crippen molar-refractivity contribution in [2.24, 2.45) is 10.3 Å². The number of nitrogens with two attached hydrogens (primary N) is 2. The molecule has 6 nitrogen and oxygen atoms in total. The van der Waals surface area contributed by atoms with Crippen molar-refractivity contribution in [1.29, 1.82) is 0 Å². The van der Waals surface area contributed by atoms with Gasteiger partial charge in [0.15, 0.2) is 0 Å². The fraction of sp³-hybridized carbons (Fsp3) is 0.250. The van der Waals surface area contributed by atoms with Crippen molar-refractivity contribution >= 4 is 20.0 Å². The predicted octanol–water partition coefficient (Wildman–Crippen LogP) is -0.456. The van der Waals surface area contributed by atoms with Crippen molar-refractivity contribution in [3.63, 3.8) is 0 Å². The highest BCUT2D eigenvalue weighted by Gasteiger charge is 2.20. The molecule has 0 unspecified atom stereocenters. The van der Waals surface area contributed by atoms with Gasteiger partial charge in [0.25, 0.3) is 0 Å². The van der Waals surface area contributed by atoms with E-state index < -0.39 is 20.0 Å². The van der Waals surface area contributed by atoms with Gasteiger partial charge in [-0.15, -0.1) is 0 Å². The van der Waals surface area contributed by atoms with Crippen molar-refractivity contribution in [3.05, 3.63) is 23.8 Å². The number of sulfonamides is 2. The topological polar surface area (TPSA) is 120 Å². The third kappa shape index (κ3) is 2.59. The van der Waals surface area contributed by atoms with Crippen molar-refractivity contribution in [3.8, 4) is 0 Å². The minimum atomic E-state index is -3.95. The van der Waals surface area contributed by atoms with Crippen molar-refractivity contribution in [2.45, 2.75) is 23.1 Å². The van der Waals surface area contributed by atoms with Crippen LogP contribution in [0.15, 0.2) is 28.0 Å². The fourth-order valence-electron chi connectivity index (χ4n) is 1.43. The first kappa shape index (κ1) is 13.1. The van der Waals surface area contributed by atoms with Crippen LogP contribution in [0.1, 0.15) is 12.5 Å². The monoisotopic (exact) mass is 264 g/mol. The molecule has 1 aromatic carbocycles. The second-order valence-corrected chi connectivity index (χ2v) is 6.24. The molecule has 0 heterocycles. The fourth-order valence-corrected chi connectivity index (χ4v) is 3.22. The van der Waals surface area contributed by atoms with Crippen LogP contribution in [0.2, 0.25) is 0 Å². The Balaban J connectivity index is 3.71. The molecule has 0 aliphatic rings. The first-order chi connectivity index (χ1) is 7.18. The summed E-state index contributed by atoms with van der Waals surface area (Å²) in [5.41, 5.74) is 0.118. The second-order valence-electron chi connectivity index (χ2n) is 3.18. The van der Waals surface area contributed by atoms with E-state index >= 15 is 0 Å². The molecule has 0 saturated carbocycles. The maximum atomic E-state index is 11.2. The van der Waals surface area contributed by atoms with Gasteiger partial charge in [0, 0.05) is 0 Å². The van der Waals surface area contributed by atoms with E-state index in [1.54, 1.807) is 6.92 Å². The van der Waals surface area contributed by atoms with Gasteiger partial charge in [-0.3, -0.25) is 0 Å². The molecule has 0 saturated heterocycles. The summed E-state index contributed by atoms with van der Waals surface area (Å²) in [6.07, 6.45) is 0.207. The summed E-state index contributed by atoms with van der Waals surface area (Å²) in [6.45, 7) is 1.62. The number of rotatable bonds is 3. The zero-order valence-electron chi connectivity index (χ0n) is 8.54. The molecule has 0 fully saturated rings. The summed E-state index contributed by atoms with van der Waals surface area (Å²) in [5, 5.41) is 9.96. The van der Waals surface area contributed by atoms with Crippen LogP contribution >= 0.6 is 0 Å². The molecule has 0 radical (unpaired) electrons. The number of primary sulfonamides is 2. The van der Waals surface area contributed by atoms with Gasteiger partial charge < -0.3 is 0 Å². The van der Waals surface area contributed by atoms with Gasteiger partial charge in [-0.1, -0.05) is 13.0 Å². The van der Waals surface area contributed by atoms with Crippen molar-refractivity contribution in [1.82, 2.24) is 0 Å². The molecule has 1 aromatic rings.